The number of benzene rings is 1. The van der Waals surface area contributed by atoms with Gasteiger partial charge in [-0.3, -0.25) is 9.59 Å². The number of carboxylic acid groups (broad SMARTS) is 1. The Bertz CT molecular complexity index is 403. The first-order valence-electron chi connectivity index (χ1n) is 6.10. The van der Waals surface area contributed by atoms with Gasteiger partial charge >= 0.3 is 5.97 Å². The summed E-state index contributed by atoms with van der Waals surface area (Å²) in [5.41, 5.74) is 0.922. The quantitative estimate of drug-likeness (QED) is 0.808. The highest BCUT2D eigenvalue weighted by molar-refractivity contribution is 5.80. The number of carboxylic acids is 1. The second-order valence-corrected chi connectivity index (χ2v) is 4.37. The first kappa shape index (κ1) is 14.2. The van der Waals surface area contributed by atoms with Crippen LogP contribution in [-0.4, -0.2) is 23.0 Å². The summed E-state index contributed by atoms with van der Waals surface area (Å²) in [4.78, 5) is 22.7. The third kappa shape index (κ3) is 4.20. The Morgan fingerprint density at radius 3 is 2.39 bits per heavy atom. The van der Waals surface area contributed by atoms with Crippen molar-refractivity contribution in [3.63, 3.8) is 0 Å². The van der Waals surface area contributed by atoms with Gasteiger partial charge in [0.1, 0.15) is 0 Å². The Labute approximate surface area is 107 Å². The zero-order chi connectivity index (χ0) is 13.5. The molecule has 0 spiro atoms. The molecule has 0 radical (unpaired) electrons. The molecule has 0 heterocycles. The maximum Gasteiger partial charge on any atom is 0.308 e. The Balaban J connectivity index is 2.52. The lowest BCUT2D eigenvalue weighted by atomic mass is 9.98. The average molecular weight is 249 g/mol. The zero-order valence-corrected chi connectivity index (χ0v) is 10.7. The van der Waals surface area contributed by atoms with Crippen molar-refractivity contribution in [2.75, 3.05) is 0 Å². The molecule has 2 N–H and O–H groups in total. The molecule has 0 aromatic heterocycles. The minimum atomic E-state index is -0.870. The lowest BCUT2D eigenvalue weighted by Gasteiger charge is -2.20. The van der Waals surface area contributed by atoms with Gasteiger partial charge in [0.2, 0.25) is 5.91 Å². The molecule has 2 atom stereocenters. The van der Waals surface area contributed by atoms with E-state index >= 15 is 0 Å². The molecule has 1 aromatic rings. The van der Waals surface area contributed by atoms with Crippen LogP contribution in [-0.2, 0) is 16.0 Å². The van der Waals surface area contributed by atoms with Gasteiger partial charge in [-0.2, -0.15) is 0 Å². The fraction of sp³-hybridized carbons (Fsp3) is 0.429. The van der Waals surface area contributed by atoms with Gasteiger partial charge in [0.25, 0.3) is 0 Å². The van der Waals surface area contributed by atoms with Gasteiger partial charge in [0.05, 0.1) is 12.3 Å². The van der Waals surface area contributed by atoms with Crippen LogP contribution >= 0.6 is 0 Å². The molecule has 0 aliphatic carbocycles. The van der Waals surface area contributed by atoms with E-state index in [4.69, 9.17) is 5.11 Å². The third-order valence-electron chi connectivity index (χ3n) is 2.96. The minimum Gasteiger partial charge on any atom is -0.481 e. The topological polar surface area (TPSA) is 66.4 Å². The lowest BCUT2D eigenvalue weighted by Crippen LogP contribution is -2.41. The molecule has 0 bridgehead atoms. The van der Waals surface area contributed by atoms with Gasteiger partial charge in [0, 0.05) is 6.04 Å². The van der Waals surface area contributed by atoms with Crippen molar-refractivity contribution < 1.29 is 14.7 Å². The summed E-state index contributed by atoms with van der Waals surface area (Å²) < 4.78 is 0. The van der Waals surface area contributed by atoms with Gasteiger partial charge in [-0.25, -0.2) is 0 Å². The molecule has 1 amide bonds. The van der Waals surface area contributed by atoms with Crippen molar-refractivity contribution in [3.05, 3.63) is 35.9 Å². The first-order valence-corrected chi connectivity index (χ1v) is 6.10. The van der Waals surface area contributed by atoms with E-state index < -0.39 is 11.9 Å². The highest BCUT2D eigenvalue weighted by Crippen LogP contribution is 2.09. The second-order valence-electron chi connectivity index (χ2n) is 4.37. The molecule has 0 unspecified atom stereocenters. The Morgan fingerprint density at radius 2 is 1.89 bits per heavy atom. The largest absolute Gasteiger partial charge is 0.481 e. The fourth-order valence-electron chi connectivity index (χ4n) is 1.93. The van der Waals surface area contributed by atoms with Crippen LogP contribution in [0.4, 0.5) is 0 Å². The van der Waals surface area contributed by atoms with E-state index in [1.165, 1.54) is 0 Å². The smallest absolute Gasteiger partial charge is 0.308 e. The number of amides is 1. The maximum atomic E-state index is 11.8. The monoisotopic (exact) mass is 249 g/mol. The number of aliphatic carboxylic acids is 1. The first-order chi connectivity index (χ1) is 8.54. The molecular formula is C14H19NO3. The molecule has 1 rings (SSSR count). The van der Waals surface area contributed by atoms with Crippen LogP contribution in [0.5, 0.6) is 0 Å². The van der Waals surface area contributed by atoms with Crippen LogP contribution < -0.4 is 5.32 Å². The van der Waals surface area contributed by atoms with Gasteiger partial charge in [0.15, 0.2) is 0 Å². The van der Waals surface area contributed by atoms with Gasteiger partial charge in [-0.1, -0.05) is 37.3 Å². The summed E-state index contributed by atoms with van der Waals surface area (Å²) in [7, 11) is 0. The molecule has 0 aliphatic rings. The van der Waals surface area contributed by atoms with Crippen LogP contribution in [0.25, 0.3) is 0 Å². The zero-order valence-electron chi connectivity index (χ0n) is 10.7. The van der Waals surface area contributed by atoms with Crippen molar-refractivity contribution in [1.29, 1.82) is 0 Å². The lowest BCUT2D eigenvalue weighted by molar-refractivity contribution is -0.142. The number of carbonyl (C=O) groups is 2. The molecule has 0 saturated carbocycles. The van der Waals surface area contributed by atoms with E-state index in [2.05, 4.69) is 5.32 Å². The van der Waals surface area contributed by atoms with Gasteiger partial charge in [-0.05, 0) is 18.9 Å². The van der Waals surface area contributed by atoms with E-state index in [-0.39, 0.29) is 18.4 Å². The van der Waals surface area contributed by atoms with Crippen molar-refractivity contribution in [2.24, 2.45) is 5.92 Å². The average Bonchev–Trinajstić information content (AvgIpc) is 2.30. The van der Waals surface area contributed by atoms with Crippen molar-refractivity contribution in [3.8, 4) is 0 Å². The molecule has 0 aliphatic heterocycles. The van der Waals surface area contributed by atoms with Crippen LogP contribution in [0.3, 0.4) is 0 Å². The molecular weight excluding hydrogens is 230 g/mol. The number of hydrogen-bond acceptors (Lipinski definition) is 2. The van der Waals surface area contributed by atoms with Crippen LogP contribution in [0.15, 0.2) is 30.3 Å². The van der Waals surface area contributed by atoms with Crippen molar-refractivity contribution in [2.45, 2.75) is 32.7 Å². The highest BCUT2D eigenvalue weighted by atomic mass is 16.4. The van der Waals surface area contributed by atoms with Crippen LogP contribution in [0.2, 0.25) is 0 Å². The summed E-state index contributed by atoms with van der Waals surface area (Å²) in [6.45, 7) is 3.53. The summed E-state index contributed by atoms with van der Waals surface area (Å²) in [5.74, 6) is -1.55. The molecule has 4 nitrogen and oxygen atoms in total. The second kappa shape index (κ2) is 6.79. The Morgan fingerprint density at radius 1 is 1.28 bits per heavy atom. The van der Waals surface area contributed by atoms with E-state index in [0.29, 0.717) is 6.42 Å². The third-order valence-corrected chi connectivity index (χ3v) is 2.96. The highest BCUT2D eigenvalue weighted by Gasteiger charge is 2.23. The van der Waals surface area contributed by atoms with Crippen LogP contribution in [0, 0.1) is 5.92 Å². The van der Waals surface area contributed by atoms with E-state index in [1.54, 1.807) is 13.8 Å². The Hall–Kier alpha value is -1.84. The number of hydrogen-bond donors (Lipinski definition) is 2. The molecule has 18 heavy (non-hydrogen) atoms. The predicted octanol–water partition coefficient (Wildman–Crippen LogP) is 1.84. The van der Waals surface area contributed by atoms with E-state index in [0.717, 1.165) is 5.56 Å². The van der Waals surface area contributed by atoms with E-state index in [9.17, 15) is 9.59 Å². The molecule has 98 valence electrons. The van der Waals surface area contributed by atoms with Gasteiger partial charge in [-0.15, -0.1) is 0 Å². The molecule has 0 saturated heterocycles. The SMILES string of the molecule is CC[C@@H](C(=O)O)[C@@H](C)NC(=O)Cc1ccccc1. The summed E-state index contributed by atoms with van der Waals surface area (Å²) in [6.07, 6.45) is 0.781. The number of nitrogens with one attached hydrogen (secondary N) is 1. The predicted molar refractivity (Wildman–Crippen MR) is 69.2 cm³/mol. The molecule has 4 heteroatoms. The number of rotatable bonds is 6. The Kier molecular flexibility index (Phi) is 5.36. The van der Waals surface area contributed by atoms with Crippen LogP contribution in [0.1, 0.15) is 25.8 Å². The summed E-state index contributed by atoms with van der Waals surface area (Å²) in [5, 5.41) is 11.7. The standard InChI is InChI=1S/C14H19NO3/c1-3-12(14(17)18)10(2)15-13(16)9-11-7-5-4-6-8-11/h4-8,10,12H,3,9H2,1-2H3,(H,15,16)(H,17,18)/t10-,12-/m1/s1. The molecule has 1 aromatic carbocycles. The van der Waals surface area contributed by atoms with E-state index in [1.807, 2.05) is 30.3 Å². The fourth-order valence-corrected chi connectivity index (χ4v) is 1.93. The van der Waals surface area contributed by atoms with Gasteiger partial charge < -0.3 is 10.4 Å². The summed E-state index contributed by atoms with van der Waals surface area (Å²) >= 11 is 0. The maximum absolute atomic E-state index is 11.8. The number of carbonyl (C=O) groups excluding carboxylic acids is 1. The summed E-state index contributed by atoms with van der Waals surface area (Å²) in [6, 6.07) is 9.03. The molecule has 0 fully saturated rings. The van der Waals surface area contributed by atoms with Crippen molar-refractivity contribution >= 4 is 11.9 Å². The minimum absolute atomic E-state index is 0.145. The normalized spacial score (nSPS) is 13.7. The van der Waals surface area contributed by atoms with Crippen molar-refractivity contribution in [1.82, 2.24) is 5.32 Å².